The van der Waals surface area contributed by atoms with Crippen molar-refractivity contribution in [3.05, 3.63) is 53.6 Å². The van der Waals surface area contributed by atoms with Gasteiger partial charge in [0.15, 0.2) is 0 Å². The van der Waals surface area contributed by atoms with E-state index < -0.39 is 11.7 Å². The minimum absolute atomic E-state index is 0.0458. The maximum atomic E-state index is 12.9. The SMILES string of the molecule is Cc1ccccc1Oc1ccc(N)cc1C(F)(F)F. The van der Waals surface area contributed by atoms with Crippen molar-refractivity contribution in [3.8, 4) is 11.5 Å². The standard InChI is InChI=1S/C14H12F3NO/c1-9-4-2-3-5-12(9)19-13-7-6-10(18)8-11(13)14(15,16)17/h2-8H,18H2,1H3. The fraction of sp³-hybridized carbons (Fsp3) is 0.143. The fourth-order valence-electron chi connectivity index (χ4n) is 1.65. The Balaban J connectivity index is 2.44. The lowest BCUT2D eigenvalue weighted by molar-refractivity contribution is -0.138. The number of aryl methyl sites for hydroxylation is 1. The summed E-state index contributed by atoms with van der Waals surface area (Å²) in [5.41, 5.74) is 5.32. The fourth-order valence-corrected chi connectivity index (χ4v) is 1.65. The first-order chi connectivity index (χ1) is 8.88. The first-order valence-electron chi connectivity index (χ1n) is 5.58. The Hall–Kier alpha value is -2.17. The topological polar surface area (TPSA) is 35.2 Å². The Kier molecular flexibility index (Phi) is 3.38. The highest BCUT2D eigenvalue weighted by molar-refractivity contribution is 5.50. The molecule has 19 heavy (non-hydrogen) atoms. The molecule has 0 heterocycles. The van der Waals surface area contributed by atoms with Crippen LogP contribution < -0.4 is 10.5 Å². The summed E-state index contributed by atoms with van der Waals surface area (Å²) in [6, 6.07) is 10.3. The minimum Gasteiger partial charge on any atom is -0.456 e. The molecule has 0 atom stereocenters. The smallest absolute Gasteiger partial charge is 0.420 e. The molecule has 0 aliphatic rings. The average Bonchev–Trinajstić information content (AvgIpc) is 2.33. The van der Waals surface area contributed by atoms with Crippen LogP contribution in [0.5, 0.6) is 11.5 Å². The Morgan fingerprint density at radius 3 is 2.32 bits per heavy atom. The number of para-hydroxylation sites is 1. The van der Waals surface area contributed by atoms with E-state index in [0.29, 0.717) is 5.75 Å². The Bertz CT molecular complexity index is 593. The van der Waals surface area contributed by atoms with Gasteiger partial charge in [0.25, 0.3) is 0 Å². The van der Waals surface area contributed by atoms with E-state index in [0.717, 1.165) is 11.6 Å². The molecule has 2 aromatic rings. The predicted molar refractivity (Wildman–Crippen MR) is 67.1 cm³/mol. The molecule has 0 aromatic heterocycles. The van der Waals surface area contributed by atoms with Crippen LogP contribution in [0.25, 0.3) is 0 Å². The lowest BCUT2D eigenvalue weighted by Gasteiger charge is -2.15. The molecule has 2 N–H and O–H groups in total. The van der Waals surface area contributed by atoms with E-state index in [-0.39, 0.29) is 11.4 Å². The van der Waals surface area contributed by atoms with Gasteiger partial charge in [-0.05, 0) is 36.8 Å². The highest BCUT2D eigenvalue weighted by atomic mass is 19.4. The molecule has 0 fully saturated rings. The van der Waals surface area contributed by atoms with Crippen LogP contribution in [-0.2, 0) is 6.18 Å². The highest BCUT2D eigenvalue weighted by Gasteiger charge is 2.34. The third kappa shape index (κ3) is 2.99. The monoisotopic (exact) mass is 267 g/mol. The number of nitrogen functional groups attached to an aromatic ring is 1. The van der Waals surface area contributed by atoms with Gasteiger partial charge in [0, 0.05) is 5.69 Å². The zero-order valence-corrected chi connectivity index (χ0v) is 10.2. The highest BCUT2D eigenvalue weighted by Crippen LogP contribution is 2.39. The predicted octanol–water partition coefficient (Wildman–Crippen LogP) is 4.39. The Morgan fingerprint density at radius 2 is 1.68 bits per heavy atom. The molecule has 2 aromatic carbocycles. The quantitative estimate of drug-likeness (QED) is 0.819. The van der Waals surface area contributed by atoms with E-state index in [1.54, 1.807) is 31.2 Å². The number of halogens is 3. The van der Waals surface area contributed by atoms with E-state index >= 15 is 0 Å². The van der Waals surface area contributed by atoms with Crippen molar-refractivity contribution in [1.82, 2.24) is 0 Å². The van der Waals surface area contributed by atoms with E-state index in [2.05, 4.69) is 0 Å². The van der Waals surface area contributed by atoms with Gasteiger partial charge in [0.1, 0.15) is 17.1 Å². The van der Waals surface area contributed by atoms with Gasteiger partial charge in [-0.25, -0.2) is 0 Å². The number of benzene rings is 2. The van der Waals surface area contributed by atoms with E-state index in [1.165, 1.54) is 12.1 Å². The Morgan fingerprint density at radius 1 is 1.00 bits per heavy atom. The normalized spacial score (nSPS) is 11.4. The molecule has 2 nitrogen and oxygen atoms in total. The Labute approximate surface area is 108 Å². The molecule has 0 saturated heterocycles. The van der Waals surface area contributed by atoms with Crippen LogP contribution in [-0.4, -0.2) is 0 Å². The zero-order valence-electron chi connectivity index (χ0n) is 10.2. The number of hydrogen-bond donors (Lipinski definition) is 1. The van der Waals surface area contributed by atoms with E-state index in [4.69, 9.17) is 10.5 Å². The minimum atomic E-state index is -4.51. The van der Waals surface area contributed by atoms with Gasteiger partial charge >= 0.3 is 6.18 Å². The number of rotatable bonds is 2. The molecule has 2 rings (SSSR count). The van der Waals surface area contributed by atoms with Crippen LogP contribution in [0.4, 0.5) is 18.9 Å². The summed E-state index contributed by atoms with van der Waals surface area (Å²) in [7, 11) is 0. The van der Waals surface area contributed by atoms with Crippen molar-refractivity contribution in [2.45, 2.75) is 13.1 Å². The molecule has 0 aliphatic heterocycles. The van der Waals surface area contributed by atoms with Gasteiger partial charge in [-0.2, -0.15) is 13.2 Å². The third-order valence-corrected chi connectivity index (χ3v) is 2.62. The number of anilines is 1. The first kappa shape index (κ1) is 13.3. The van der Waals surface area contributed by atoms with Crippen LogP contribution in [0.3, 0.4) is 0 Å². The molecule has 100 valence electrons. The second kappa shape index (κ2) is 4.84. The van der Waals surface area contributed by atoms with E-state index in [9.17, 15) is 13.2 Å². The summed E-state index contributed by atoms with van der Waals surface area (Å²) >= 11 is 0. The summed E-state index contributed by atoms with van der Waals surface area (Å²) in [5.74, 6) is 0.133. The largest absolute Gasteiger partial charge is 0.456 e. The van der Waals surface area contributed by atoms with Crippen LogP contribution >= 0.6 is 0 Å². The number of ether oxygens (including phenoxy) is 1. The van der Waals surface area contributed by atoms with Gasteiger partial charge in [0.2, 0.25) is 0 Å². The molecule has 0 aliphatic carbocycles. The van der Waals surface area contributed by atoms with Gasteiger partial charge in [0.05, 0.1) is 0 Å². The van der Waals surface area contributed by atoms with Crippen LogP contribution in [0.2, 0.25) is 0 Å². The van der Waals surface area contributed by atoms with Crippen molar-refractivity contribution >= 4 is 5.69 Å². The van der Waals surface area contributed by atoms with Gasteiger partial charge in [-0.15, -0.1) is 0 Å². The van der Waals surface area contributed by atoms with Gasteiger partial charge in [-0.1, -0.05) is 18.2 Å². The summed E-state index contributed by atoms with van der Waals surface area (Å²) in [6.45, 7) is 1.76. The lowest BCUT2D eigenvalue weighted by Crippen LogP contribution is -2.08. The molecule has 0 unspecified atom stereocenters. The van der Waals surface area contributed by atoms with Crippen molar-refractivity contribution in [1.29, 1.82) is 0 Å². The maximum Gasteiger partial charge on any atom is 0.420 e. The summed E-state index contributed by atoms with van der Waals surface area (Å²) in [6.07, 6.45) is -4.51. The molecule has 0 spiro atoms. The first-order valence-corrected chi connectivity index (χ1v) is 5.58. The molecule has 0 amide bonds. The van der Waals surface area contributed by atoms with Crippen molar-refractivity contribution < 1.29 is 17.9 Å². The molecular weight excluding hydrogens is 255 g/mol. The molecule has 0 saturated carbocycles. The summed E-state index contributed by atoms with van der Waals surface area (Å²) < 4.78 is 44.0. The average molecular weight is 267 g/mol. The van der Waals surface area contributed by atoms with Crippen LogP contribution in [0.15, 0.2) is 42.5 Å². The third-order valence-electron chi connectivity index (χ3n) is 2.62. The zero-order chi connectivity index (χ0) is 14.0. The number of nitrogens with two attached hydrogens (primary N) is 1. The summed E-state index contributed by atoms with van der Waals surface area (Å²) in [4.78, 5) is 0. The van der Waals surface area contributed by atoms with Gasteiger partial charge < -0.3 is 10.5 Å². The number of alkyl halides is 3. The van der Waals surface area contributed by atoms with E-state index in [1.807, 2.05) is 0 Å². The molecular formula is C14H12F3NO. The van der Waals surface area contributed by atoms with Crippen molar-refractivity contribution in [2.24, 2.45) is 0 Å². The van der Waals surface area contributed by atoms with Gasteiger partial charge in [-0.3, -0.25) is 0 Å². The molecule has 0 bridgehead atoms. The van der Waals surface area contributed by atoms with Crippen molar-refractivity contribution in [2.75, 3.05) is 5.73 Å². The maximum absolute atomic E-state index is 12.9. The van der Waals surface area contributed by atoms with Crippen LogP contribution in [0.1, 0.15) is 11.1 Å². The van der Waals surface area contributed by atoms with Crippen LogP contribution in [0, 0.1) is 6.92 Å². The second-order valence-electron chi connectivity index (χ2n) is 4.12. The molecule has 0 radical (unpaired) electrons. The number of hydrogen-bond acceptors (Lipinski definition) is 2. The lowest BCUT2D eigenvalue weighted by atomic mass is 10.1. The summed E-state index contributed by atoms with van der Waals surface area (Å²) in [5, 5.41) is 0. The second-order valence-corrected chi connectivity index (χ2v) is 4.12. The molecule has 5 heteroatoms. The van der Waals surface area contributed by atoms with Crippen molar-refractivity contribution in [3.63, 3.8) is 0 Å².